The van der Waals surface area contributed by atoms with Crippen molar-refractivity contribution in [3.05, 3.63) is 58.7 Å². The molecule has 0 saturated heterocycles. The third-order valence-corrected chi connectivity index (χ3v) is 7.80. The van der Waals surface area contributed by atoms with Gasteiger partial charge in [-0.25, -0.2) is 0 Å². The van der Waals surface area contributed by atoms with E-state index in [4.69, 9.17) is 0 Å². The Morgan fingerprint density at radius 2 is 1.75 bits per heavy atom. The summed E-state index contributed by atoms with van der Waals surface area (Å²) in [5.41, 5.74) is 5.16. The molecule has 0 bridgehead atoms. The smallest absolute Gasteiger partial charge is 0.119 e. The minimum atomic E-state index is -0.0204. The van der Waals surface area contributed by atoms with Crippen LogP contribution < -0.4 is 10.6 Å². The fourth-order valence-corrected chi connectivity index (χ4v) is 5.81. The van der Waals surface area contributed by atoms with Gasteiger partial charge in [-0.3, -0.25) is 0 Å². The first kappa shape index (κ1) is 22.9. The lowest BCUT2D eigenvalue weighted by atomic mass is 9.89. The maximum atomic E-state index is 10.7. The molecule has 2 aromatic carbocycles. The van der Waals surface area contributed by atoms with Crippen LogP contribution in [0.1, 0.15) is 76.1 Å². The molecule has 2 atom stereocenters. The Balaban J connectivity index is 2.52. The average molecular weight is 400 g/mol. The van der Waals surface area contributed by atoms with Crippen molar-refractivity contribution in [2.75, 3.05) is 0 Å². The van der Waals surface area contributed by atoms with Gasteiger partial charge >= 0.3 is 0 Å². The molecule has 0 spiro atoms. The highest BCUT2D eigenvalue weighted by Gasteiger charge is 2.33. The van der Waals surface area contributed by atoms with Crippen LogP contribution in [0.5, 0.6) is 5.75 Å². The Labute approximate surface area is 173 Å². The minimum absolute atomic E-state index is 0.0204. The van der Waals surface area contributed by atoms with E-state index in [1.165, 1.54) is 22.0 Å². The second-order valence-electron chi connectivity index (χ2n) is 9.04. The van der Waals surface area contributed by atoms with Gasteiger partial charge in [0.1, 0.15) is 5.75 Å². The van der Waals surface area contributed by atoms with E-state index < -0.39 is 0 Å². The Kier molecular flexibility index (Phi) is 7.71. The maximum Gasteiger partial charge on any atom is 0.119 e. The molecule has 28 heavy (non-hydrogen) atoms. The zero-order valence-corrected chi connectivity index (χ0v) is 19.7. The number of nitrogens with one attached hydrogen (secondary N) is 1. The van der Waals surface area contributed by atoms with E-state index in [0.29, 0.717) is 14.3 Å². The van der Waals surface area contributed by atoms with Crippen LogP contribution >= 0.6 is 8.58 Å². The molecule has 2 N–H and O–H groups in total. The van der Waals surface area contributed by atoms with Crippen molar-refractivity contribution in [1.82, 2.24) is 5.32 Å². The van der Waals surface area contributed by atoms with Gasteiger partial charge in [-0.2, -0.15) is 0 Å². The van der Waals surface area contributed by atoms with E-state index >= 15 is 0 Å². The summed E-state index contributed by atoms with van der Waals surface area (Å²) in [6.45, 7) is 16.4. The SMILES string of the molecule is CCCC(CC)(Pc1c(C)cccc1CNC(C)(C)C)c1cc(C)ccc1O. The lowest BCUT2D eigenvalue weighted by Crippen LogP contribution is -2.36. The number of aromatic hydroxyl groups is 1. The van der Waals surface area contributed by atoms with Crippen LogP contribution in [0.3, 0.4) is 0 Å². The summed E-state index contributed by atoms with van der Waals surface area (Å²) >= 11 is 0. The van der Waals surface area contributed by atoms with E-state index in [2.05, 4.69) is 78.0 Å². The molecule has 0 amide bonds. The van der Waals surface area contributed by atoms with Gasteiger partial charge in [0.2, 0.25) is 0 Å². The van der Waals surface area contributed by atoms with Gasteiger partial charge in [0, 0.05) is 22.8 Å². The van der Waals surface area contributed by atoms with E-state index in [0.717, 1.165) is 31.4 Å². The highest BCUT2D eigenvalue weighted by molar-refractivity contribution is 7.48. The highest BCUT2D eigenvalue weighted by Crippen LogP contribution is 2.51. The quantitative estimate of drug-likeness (QED) is 0.510. The van der Waals surface area contributed by atoms with Crippen molar-refractivity contribution in [3.8, 4) is 5.75 Å². The van der Waals surface area contributed by atoms with Gasteiger partial charge in [-0.05, 0) is 70.0 Å². The molecule has 0 aliphatic heterocycles. The first-order valence-electron chi connectivity index (χ1n) is 10.5. The molecule has 0 aliphatic carbocycles. The van der Waals surface area contributed by atoms with E-state index in [1.807, 2.05) is 12.1 Å². The number of rotatable bonds is 8. The van der Waals surface area contributed by atoms with Gasteiger partial charge in [-0.15, -0.1) is 0 Å². The van der Waals surface area contributed by atoms with Gasteiger partial charge in [0.05, 0.1) is 0 Å². The molecular weight excluding hydrogens is 361 g/mol. The van der Waals surface area contributed by atoms with Gasteiger partial charge in [0.25, 0.3) is 0 Å². The van der Waals surface area contributed by atoms with Gasteiger partial charge in [0.15, 0.2) is 0 Å². The lowest BCUT2D eigenvalue weighted by molar-refractivity contribution is 0.425. The molecule has 154 valence electrons. The molecular formula is C25H38NOP. The molecule has 0 radical (unpaired) electrons. The first-order valence-corrected chi connectivity index (χ1v) is 11.5. The molecule has 0 aromatic heterocycles. The summed E-state index contributed by atoms with van der Waals surface area (Å²) in [5, 5.41) is 15.8. The molecule has 2 nitrogen and oxygen atoms in total. The number of benzene rings is 2. The predicted molar refractivity (Wildman–Crippen MR) is 125 cm³/mol. The van der Waals surface area contributed by atoms with Crippen molar-refractivity contribution in [2.45, 2.75) is 85.0 Å². The first-order chi connectivity index (χ1) is 13.1. The third kappa shape index (κ3) is 5.58. The zero-order valence-electron chi connectivity index (χ0n) is 18.7. The van der Waals surface area contributed by atoms with Crippen LogP contribution in [0.25, 0.3) is 0 Å². The molecule has 3 heteroatoms. The van der Waals surface area contributed by atoms with Crippen LogP contribution in [-0.2, 0) is 11.7 Å². The maximum absolute atomic E-state index is 10.7. The normalized spacial score (nSPS) is 14.5. The fourth-order valence-electron chi connectivity index (χ4n) is 3.83. The largest absolute Gasteiger partial charge is 0.508 e. The molecule has 0 fully saturated rings. The second kappa shape index (κ2) is 9.42. The number of aryl methyl sites for hydroxylation is 2. The molecule has 0 heterocycles. The van der Waals surface area contributed by atoms with Crippen LogP contribution in [0.15, 0.2) is 36.4 Å². The van der Waals surface area contributed by atoms with E-state index in [9.17, 15) is 5.11 Å². The van der Waals surface area contributed by atoms with Crippen LogP contribution in [0, 0.1) is 13.8 Å². The zero-order chi connectivity index (χ0) is 20.9. The minimum Gasteiger partial charge on any atom is -0.508 e. The summed E-state index contributed by atoms with van der Waals surface area (Å²) in [6, 6.07) is 12.7. The van der Waals surface area contributed by atoms with Crippen molar-refractivity contribution < 1.29 is 5.11 Å². The Hall–Kier alpha value is -1.37. The van der Waals surface area contributed by atoms with Crippen LogP contribution in [0.2, 0.25) is 0 Å². The van der Waals surface area contributed by atoms with Crippen LogP contribution in [-0.4, -0.2) is 10.6 Å². The summed E-state index contributed by atoms with van der Waals surface area (Å²) in [4.78, 5) is 0. The third-order valence-electron chi connectivity index (χ3n) is 5.48. The Bertz CT molecular complexity index is 794. The van der Waals surface area contributed by atoms with Gasteiger partial charge < -0.3 is 10.4 Å². The topological polar surface area (TPSA) is 32.3 Å². The number of phenolic OH excluding ortho intramolecular Hbond substituents is 1. The van der Waals surface area contributed by atoms with Crippen LogP contribution in [0.4, 0.5) is 0 Å². The molecule has 0 saturated carbocycles. The van der Waals surface area contributed by atoms with E-state index in [1.54, 1.807) is 0 Å². The number of hydrogen-bond acceptors (Lipinski definition) is 2. The van der Waals surface area contributed by atoms with Crippen molar-refractivity contribution in [1.29, 1.82) is 0 Å². The molecule has 0 aliphatic rings. The molecule has 2 aromatic rings. The summed E-state index contributed by atoms with van der Waals surface area (Å²) in [7, 11) is 0.634. The summed E-state index contributed by atoms with van der Waals surface area (Å²) in [5.74, 6) is 0.441. The predicted octanol–water partition coefficient (Wildman–Crippen LogP) is 6.31. The summed E-state index contributed by atoms with van der Waals surface area (Å²) < 4.78 is 0. The lowest BCUT2D eigenvalue weighted by Gasteiger charge is -2.36. The van der Waals surface area contributed by atoms with E-state index in [-0.39, 0.29) is 10.7 Å². The monoisotopic (exact) mass is 399 g/mol. The molecule has 2 rings (SSSR count). The number of hydrogen-bond donors (Lipinski definition) is 2. The van der Waals surface area contributed by atoms with Crippen molar-refractivity contribution >= 4 is 13.9 Å². The second-order valence-corrected chi connectivity index (χ2v) is 10.8. The Morgan fingerprint density at radius 3 is 2.36 bits per heavy atom. The highest BCUT2D eigenvalue weighted by atomic mass is 31.1. The average Bonchev–Trinajstić information content (AvgIpc) is 2.63. The van der Waals surface area contributed by atoms with Crippen molar-refractivity contribution in [3.63, 3.8) is 0 Å². The van der Waals surface area contributed by atoms with Crippen molar-refractivity contribution in [2.24, 2.45) is 0 Å². The number of phenols is 1. The molecule has 2 unspecified atom stereocenters. The Morgan fingerprint density at radius 1 is 1.04 bits per heavy atom. The summed E-state index contributed by atoms with van der Waals surface area (Å²) in [6.07, 6.45) is 3.21. The fraction of sp³-hybridized carbons (Fsp3) is 0.520. The standard InChI is InChI=1S/C25H38NOP/c1-8-15-25(9-2,21-16-18(3)13-14-22(21)27)28-23-19(4)11-10-12-20(23)17-26-24(5,6)7/h10-14,16,26-28H,8-9,15,17H2,1-7H3. The van der Waals surface area contributed by atoms with Gasteiger partial charge in [-0.1, -0.05) is 64.7 Å².